The van der Waals surface area contributed by atoms with Crippen LogP contribution in [0.1, 0.15) is 49.7 Å². The fraction of sp³-hybridized carbons (Fsp3) is 0.588. The van der Waals surface area contributed by atoms with Gasteiger partial charge >= 0.3 is 0 Å². The zero-order valence-corrected chi connectivity index (χ0v) is 14.2. The van der Waals surface area contributed by atoms with Gasteiger partial charge in [0.25, 0.3) is 0 Å². The van der Waals surface area contributed by atoms with Crippen LogP contribution in [0.5, 0.6) is 0 Å². The molecule has 0 atom stereocenters. The molecule has 22 heavy (non-hydrogen) atoms. The summed E-state index contributed by atoms with van der Waals surface area (Å²) in [6.07, 6.45) is 6.52. The van der Waals surface area contributed by atoms with Crippen LogP contribution in [0, 0.1) is 13.8 Å². The molecular formula is C17H25NO3S. The van der Waals surface area contributed by atoms with Crippen molar-refractivity contribution in [1.29, 1.82) is 0 Å². The molecule has 1 aliphatic rings. The van der Waals surface area contributed by atoms with Crippen LogP contribution in [0.15, 0.2) is 23.1 Å². The van der Waals surface area contributed by atoms with Crippen LogP contribution in [0.4, 0.5) is 0 Å². The van der Waals surface area contributed by atoms with Gasteiger partial charge in [-0.3, -0.25) is 4.79 Å². The molecule has 122 valence electrons. The average Bonchev–Trinajstić information content (AvgIpc) is 2.65. The molecule has 1 amide bonds. The maximum absolute atomic E-state index is 12.4. The van der Waals surface area contributed by atoms with Crippen LogP contribution in [0.3, 0.4) is 0 Å². The van der Waals surface area contributed by atoms with E-state index >= 15 is 0 Å². The fourth-order valence-electron chi connectivity index (χ4n) is 3.09. The van der Waals surface area contributed by atoms with Crippen LogP contribution in [0.25, 0.3) is 0 Å². The zero-order chi connectivity index (χ0) is 16.2. The van der Waals surface area contributed by atoms with E-state index in [0.717, 1.165) is 31.2 Å². The highest BCUT2D eigenvalue weighted by Gasteiger charge is 2.23. The number of nitrogens with one attached hydrogen (secondary N) is 1. The smallest absolute Gasteiger partial charge is 0.235 e. The molecule has 1 fully saturated rings. The van der Waals surface area contributed by atoms with Crippen LogP contribution in [0.2, 0.25) is 0 Å². The first-order valence-corrected chi connectivity index (χ1v) is 9.63. The van der Waals surface area contributed by atoms with Crippen molar-refractivity contribution in [1.82, 2.24) is 5.32 Å². The van der Waals surface area contributed by atoms with E-state index in [1.807, 2.05) is 13.0 Å². The lowest BCUT2D eigenvalue weighted by Crippen LogP contribution is -2.38. The lowest BCUT2D eigenvalue weighted by atomic mass is 10.1. The largest absolute Gasteiger partial charge is 0.352 e. The second-order valence-corrected chi connectivity index (χ2v) is 8.24. The molecule has 0 aromatic heterocycles. The predicted molar refractivity (Wildman–Crippen MR) is 87.6 cm³/mol. The van der Waals surface area contributed by atoms with Gasteiger partial charge < -0.3 is 5.32 Å². The minimum Gasteiger partial charge on any atom is -0.352 e. The second kappa shape index (κ2) is 7.27. The van der Waals surface area contributed by atoms with Crippen molar-refractivity contribution in [2.75, 3.05) is 5.75 Å². The normalized spacial score (nSPS) is 17.0. The maximum atomic E-state index is 12.4. The Kier molecular flexibility index (Phi) is 5.62. The van der Waals surface area contributed by atoms with Crippen molar-refractivity contribution in [3.05, 3.63) is 29.3 Å². The van der Waals surface area contributed by atoms with Crippen LogP contribution in [-0.4, -0.2) is 26.1 Å². The van der Waals surface area contributed by atoms with Gasteiger partial charge in [0.1, 0.15) is 5.75 Å². The Morgan fingerprint density at radius 1 is 1.14 bits per heavy atom. The van der Waals surface area contributed by atoms with E-state index in [9.17, 15) is 13.2 Å². The Balaban J connectivity index is 2.02. The van der Waals surface area contributed by atoms with E-state index in [1.165, 1.54) is 12.8 Å². The van der Waals surface area contributed by atoms with Crippen LogP contribution >= 0.6 is 0 Å². The van der Waals surface area contributed by atoms with Gasteiger partial charge in [0, 0.05) is 6.04 Å². The third-order valence-electron chi connectivity index (χ3n) is 4.21. The first kappa shape index (κ1) is 17.0. The summed E-state index contributed by atoms with van der Waals surface area (Å²) in [4.78, 5) is 12.4. The standard InChI is InChI=1S/C17H25NO3S/c1-13-9-10-16(14(2)11-13)22(20,21)12-17(19)18-15-7-5-3-4-6-8-15/h9-11,15H,3-8,12H2,1-2H3,(H,18,19). The van der Waals surface area contributed by atoms with Crippen LogP contribution < -0.4 is 5.32 Å². The average molecular weight is 323 g/mol. The van der Waals surface area contributed by atoms with E-state index in [4.69, 9.17) is 0 Å². The number of amides is 1. The first-order chi connectivity index (χ1) is 10.4. The quantitative estimate of drug-likeness (QED) is 0.867. The lowest BCUT2D eigenvalue weighted by Gasteiger charge is -2.16. The summed E-state index contributed by atoms with van der Waals surface area (Å²) < 4.78 is 24.8. The summed E-state index contributed by atoms with van der Waals surface area (Å²) in [6.45, 7) is 3.69. The number of hydrogen-bond donors (Lipinski definition) is 1. The Labute approximate surface area is 133 Å². The molecule has 1 aromatic carbocycles. The molecule has 1 aromatic rings. The molecule has 0 unspecified atom stereocenters. The van der Waals surface area contributed by atoms with Gasteiger partial charge in [-0.15, -0.1) is 0 Å². The van der Waals surface area contributed by atoms with E-state index in [-0.39, 0.29) is 16.8 Å². The molecule has 1 saturated carbocycles. The summed E-state index contributed by atoms with van der Waals surface area (Å²) in [6, 6.07) is 5.32. The monoisotopic (exact) mass is 323 g/mol. The molecule has 0 heterocycles. The highest BCUT2D eigenvalue weighted by Crippen LogP contribution is 2.19. The van der Waals surface area contributed by atoms with E-state index in [2.05, 4.69) is 5.32 Å². The lowest BCUT2D eigenvalue weighted by molar-refractivity contribution is -0.119. The zero-order valence-electron chi connectivity index (χ0n) is 13.4. The van der Waals surface area contributed by atoms with Gasteiger partial charge in [-0.2, -0.15) is 0 Å². The number of aryl methyl sites for hydroxylation is 2. The van der Waals surface area contributed by atoms with Gasteiger partial charge in [-0.1, -0.05) is 43.4 Å². The molecular weight excluding hydrogens is 298 g/mol. The summed E-state index contributed by atoms with van der Waals surface area (Å²) in [5, 5.41) is 2.90. The fourth-order valence-corrected chi connectivity index (χ4v) is 4.50. The summed E-state index contributed by atoms with van der Waals surface area (Å²) in [5.74, 6) is -0.847. The summed E-state index contributed by atoms with van der Waals surface area (Å²) in [7, 11) is -3.58. The van der Waals surface area contributed by atoms with Crippen LogP contribution in [-0.2, 0) is 14.6 Å². The third kappa shape index (κ3) is 4.57. The number of rotatable bonds is 4. The molecule has 0 spiro atoms. The minimum absolute atomic E-state index is 0.129. The number of carbonyl (C=O) groups is 1. The molecule has 0 bridgehead atoms. The number of benzene rings is 1. The first-order valence-electron chi connectivity index (χ1n) is 7.98. The molecule has 1 N–H and O–H groups in total. The molecule has 4 nitrogen and oxygen atoms in total. The Hall–Kier alpha value is -1.36. The number of hydrogen-bond acceptors (Lipinski definition) is 3. The SMILES string of the molecule is Cc1ccc(S(=O)(=O)CC(=O)NC2CCCCCC2)c(C)c1. The van der Waals surface area contributed by atoms with Crippen molar-refractivity contribution in [2.24, 2.45) is 0 Å². The third-order valence-corrected chi connectivity index (χ3v) is 5.98. The number of carbonyl (C=O) groups excluding carboxylic acids is 1. The second-order valence-electron chi connectivity index (χ2n) is 6.28. The van der Waals surface area contributed by atoms with Crippen molar-refractivity contribution >= 4 is 15.7 Å². The molecule has 0 saturated heterocycles. The Morgan fingerprint density at radius 2 is 1.77 bits per heavy atom. The predicted octanol–water partition coefficient (Wildman–Crippen LogP) is 2.92. The van der Waals surface area contributed by atoms with Gasteiger partial charge in [0.2, 0.25) is 5.91 Å². The molecule has 0 radical (unpaired) electrons. The van der Waals surface area contributed by atoms with Gasteiger partial charge in [0.05, 0.1) is 4.90 Å². The summed E-state index contributed by atoms with van der Waals surface area (Å²) in [5.41, 5.74) is 1.71. The highest BCUT2D eigenvalue weighted by atomic mass is 32.2. The minimum atomic E-state index is -3.58. The molecule has 1 aliphatic carbocycles. The van der Waals surface area contributed by atoms with E-state index in [0.29, 0.717) is 5.56 Å². The Bertz CT molecular complexity index is 629. The van der Waals surface area contributed by atoms with Crippen molar-refractivity contribution in [3.63, 3.8) is 0 Å². The van der Waals surface area contributed by atoms with E-state index < -0.39 is 15.6 Å². The molecule has 0 aliphatic heterocycles. The molecule has 5 heteroatoms. The van der Waals surface area contributed by atoms with E-state index in [1.54, 1.807) is 19.1 Å². The maximum Gasteiger partial charge on any atom is 0.235 e. The highest BCUT2D eigenvalue weighted by molar-refractivity contribution is 7.92. The topological polar surface area (TPSA) is 63.2 Å². The van der Waals surface area contributed by atoms with Crippen molar-refractivity contribution in [2.45, 2.75) is 63.3 Å². The number of sulfone groups is 1. The summed E-state index contributed by atoms with van der Waals surface area (Å²) >= 11 is 0. The van der Waals surface area contributed by atoms with Gasteiger partial charge in [-0.25, -0.2) is 8.42 Å². The van der Waals surface area contributed by atoms with Gasteiger partial charge in [0.15, 0.2) is 9.84 Å². The van der Waals surface area contributed by atoms with Crippen molar-refractivity contribution < 1.29 is 13.2 Å². The van der Waals surface area contributed by atoms with Gasteiger partial charge in [-0.05, 0) is 38.3 Å². The van der Waals surface area contributed by atoms with Crippen molar-refractivity contribution in [3.8, 4) is 0 Å². The Morgan fingerprint density at radius 3 is 2.36 bits per heavy atom. The molecule has 2 rings (SSSR count).